The first-order chi connectivity index (χ1) is 11.0. The van der Waals surface area contributed by atoms with E-state index in [1.807, 2.05) is 42.5 Å². The lowest BCUT2D eigenvalue weighted by Gasteiger charge is -2.13. The smallest absolute Gasteiger partial charge is 0.321 e. The third-order valence-electron chi connectivity index (χ3n) is 3.36. The maximum absolute atomic E-state index is 12.0. The van der Waals surface area contributed by atoms with Crippen molar-refractivity contribution in [2.75, 3.05) is 7.05 Å². The van der Waals surface area contributed by atoms with Gasteiger partial charge in [-0.05, 0) is 23.3 Å². The Morgan fingerprint density at radius 1 is 1.09 bits per heavy atom. The van der Waals surface area contributed by atoms with E-state index in [-0.39, 0.29) is 6.42 Å². The van der Waals surface area contributed by atoms with Crippen LogP contribution >= 0.6 is 0 Å². The van der Waals surface area contributed by atoms with E-state index in [2.05, 4.69) is 10.6 Å². The molecule has 2 rings (SSSR count). The molecule has 0 aliphatic carbocycles. The fraction of sp³-hybridized carbons (Fsp3) is 0.235. The predicted octanol–water partition coefficient (Wildman–Crippen LogP) is 1.77. The van der Waals surface area contributed by atoms with Crippen LogP contribution in [0, 0.1) is 0 Å². The minimum absolute atomic E-state index is 0.0545. The molecule has 3 amide bonds. The Morgan fingerprint density at radius 2 is 1.78 bits per heavy atom. The van der Waals surface area contributed by atoms with Crippen LogP contribution in [0.4, 0.5) is 4.79 Å². The van der Waals surface area contributed by atoms with Gasteiger partial charge in [0.15, 0.2) is 6.10 Å². The minimum Gasteiger partial charge on any atom is -0.452 e. The first kappa shape index (κ1) is 16.5. The Kier molecular flexibility index (Phi) is 5.30. The van der Waals surface area contributed by atoms with Gasteiger partial charge in [-0.2, -0.15) is 0 Å². The number of hydrogen-bond acceptors (Lipinski definition) is 4. The molecule has 1 atom stereocenters. The Morgan fingerprint density at radius 3 is 2.52 bits per heavy atom. The topological polar surface area (TPSA) is 84.5 Å². The molecule has 2 aromatic carbocycles. The van der Waals surface area contributed by atoms with E-state index in [0.717, 1.165) is 16.3 Å². The molecule has 0 bridgehead atoms. The van der Waals surface area contributed by atoms with Crippen LogP contribution < -0.4 is 10.6 Å². The molecular weight excluding hydrogens is 296 g/mol. The number of hydrogen-bond donors (Lipinski definition) is 2. The zero-order valence-electron chi connectivity index (χ0n) is 13.0. The number of amides is 3. The SMILES string of the molecule is CNC(=O)NC(=O)[C@@H](C)OC(=O)Cc1cccc2ccccc12. The molecular formula is C17H18N2O4. The molecule has 120 valence electrons. The molecule has 0 radical (unpaired) electrons. The molecule has 0 spiro atoms. The second-order valence-corrected chi connectivity index (χ2v) is 5.02. The number of imide groups is 1. The van der Waals surface area contributed by atoms with E-state index in [1.54, 1.807) is 0 Å². The van der Waals surface area contributed by atoms with Crippen LogP contribution in [0.2, 0.25) is 0 Å². The van der Waals surface area contributed by atoms with Crippen LogP contribution in [0.5, 0.6) is 0 Å². The molecule has 2 N–H and O–H groups in total. The van der Waals surface area contributed by atoms with Gasteiger partial charge >= 0.3 is 12.0 Å². The number of urea groups is 1. The molecule has 6 nitrogen and oxygen atoms in total. The number of carbonyl (C=O) groups is 3. The second-order valence-electron chi connectivity index (χ2n) is 5.02. The standard InChI is InChI=1S/C17H18N2O4/c1-11(16(21)19-17(22)18-2)23-15(20)10-13-8-5-7-12-6-3-4-9-14(12)13/h3-9,11H,10H2,1-2H3,(H2,18,19,21,22)/t11-/m1/s1. The summed E-state index contributed by atoms with van der Waals surface area (Å²) in [4.78, 5) is 34.8. The van der Waals surface area contributed by atoms with Crippen molar-refractivity contribution in [2.24, 2.45) is 0 Å². The van der Waals surface area contributed by atoms with Crippen molar-refractivity contribution < 1.29 is 19.1 Å². The fourth-order valence-corrected chi connectivity index (χ4v) is 2.17. The molecule has 0 heterocycles. The lowest BCUT2D eigenvalue weighted by atomic mass is 10.0. The molecule has 0 unspecified atom stereocenters. The summed E-state index contributed by atoms with van der Waals surface area (Å²) in [5.74, 6) is -1.20. The van der Waals surface area contributed by atoms with Gasteiger partial charge in [-0.3, -0.25) is 14.9 Å². The van der Waals surface area contributed by atoms with Crippen molar-refractivity contribution in [1.82, 2.24) is 10.6 Å². The van der Waals surface area contributed by atoms with Gasteiger partial charge in [-0.25, -0.2) is 4.79 Å². The van der Waals surface area contributed by atoms with E-state index >= 15 is 0 Å². The van der Waals surface area contributed by atoms with Crippen molar-refractivity contribution in [3.05, 3.63) is 48.0 Å². The number of carbonyl (C=O) groups excluding carboxylic acids is 3. The highest BCUT2D eigenvalue weighted by Gasteiger charge is 2.20. The predicted molar refractivity (Wildman–Crippen MR) is 85.8 cm³/mol. The van der Waals surface area contributed by atoms with Gasteiger partial charge in [0.2, 0.25) is 0 Å². The van der Waals surface area contributed by atoms with E-state index in [9.17, 15) is 14.4 Å². The van der Waals surface area contributed by atoms with Crippen LogP contribution in [-0.4, -0.2) is 31.1 Å². The van der Waals surface area contributed by atoms with Crippen molar-refractivity contribution in [3.8, 4) is 0 Å². The summed E-state index contributed by atoms with van der Waals surface area (Å²) >= 11 is 0. The van der Waals surface area contributed by atoms with Crippen molar-refractivity contribution >= 4 is 28.7 Å². The maximum Gasteiger partial charge on any atom is 0.321 e. The maximum atomic E-state index is 12.0. The van der Waals surface area contributed by atoms with E-state index in [4.69, 9.17) is 4.74 Å². The molecule has 6 heteroatoms. The molecule has 0 saturated heterocycles. The summed E-state index contributed by atoms with van der Waals surface area (Å²) in [6, 6.07) is 12.7. The number of fused-ring (bicyclic) bond motifs is 1. The summed E-state index contributed by atoms with van der Waals surface area (Å²) < 4.78 is 5.08. The minimum atomic E-state index is -1.05. The number of rotatable bonds is 4. The van der Waals surface area contributed by atoms with Gasteiger partial charge in [-0.15, -0.1) is 0 Å². The van der Waals surface area contributed by atoms with Gasteiger partial charge in [0, 0.05) is 7.05 Å². The average molecular weight is 314 g/mol. The third-order valence-corrected chi connectivity index (χ3v) is 3.36. The molecule has 0 aliphatic rings. The van der Waals surface area contributed by atoms with Crippen LogP contribution in [-0.2, 0) is 20.7 Å². The first-order valence-electron chi connectivity index (χ1n) is 7.20. The second kappa shape index (κ2) is 7.40. The summed E-state index contributed by atoms with van der Waals surface area (Å²) in [5.41, 5.74) is 0.826. The Balaban J connectivity index is 2.01. The van der Waals surface area contributed by atoms with Gasteiger partial charge < -0.3 is 10.1 Å². The van der Waals surface area contributed by atoms with Crippen molar-refractivity contribution in [3.63, 3.8) is 0 Å². The lowest BCUT2D eigenvalue weighted by Crippen LogP contribution is -2.43. The normalized spacial score (nSPS) is 11.6. The fourth-order valence-electron chi connectivity index (χ4n) is 2.17. The van der Waals surface area contributed by atoms with Crippen molar-refractivity contribution in [1.29, 1.82) is 0 Å². The molecule has 0 aromatic heterocycles. The van der Waals surface area contributed by atoms with Crippen molar-refractivity contribution in [2.45, 2.75) is 19.4 Å². The molecule has 0 aliphatic heterocycles. The highest BCUT2D eigenvalue weighted by atomic mass is 16.5. The van der Waals surface area contributed by atoms with Crippen LogP contribution in [0.1, 0.15) is 12.5 Å². The van der Waals surface area contributed by atoms with Gasteiger partial charge in [0.05, 0.1) is 6.42 Å². The summed E-state index contributed by atoms with van der Waals surface area (Å²) in [6.45, 7) is 1.42. The Hall–Kier alpha value is -2.89. The zero-order valence-corrected chi connectivity index (χ0v) is 13.0. The number of nitrogens with one attached hydrogen (secondary N) is 2. The Bertz CT molecular complexity index is 737. The van der Waals surface area contributed by atoms with Gasteiger partial charge in [0.25, 0.3) is 5.91 Å². The molecule has 0 saturated carbocycles. The molecule has 0 fully saturated rings. The largest absolute Gasteiger partial charge is 0.452 e. The van der Waals surface area contributed by atoms with Gasteiger partial charge in [0.1, 0.15) is 0 Å². The zero-order chi connectivity index (χ0) is 16.8. The summed E-state index contributed by atoms with van der Waals surface area (Å²) in [5, 5.41) is 6.31. The third kappa shape index (κ3) is 4.29. The molecule has 2 aromatic rings. The highest BCUT2D eigenvalue weighted by molar-refractivity contribution is 5.97. The lowest BCUT2D eigenvalue weighted by molar-refractivity contribution is -0.153. The summed E-state index contributed by atoms with van der Waals surface area (Å²) in [6.07, 6.45) is -0.992. The van der Waals surface area contributed by atoms with Gasteiger partial charge in [-0.1, -0.05) is 42.5 Å². The van der Waals surface area contributed by atoms with E-state index in [0.29, 0.717) is 0 Å². The van der Waals surface area contributed by atoms with Crippen LogP contribution in [0.3, 0.4) is 0 Å². The highest BCUT2D eigenvalue weighted by Crippen LogP contribution is 2.19. The van der Waals surface area contributed by atoms with E-state index < -0.39 is 24.0 Å². The quantitative estimate of drug-likeness (QED) is 0.842. The average Bonchev–Trinajstić information content (AvgIpc) is 2.54. The number of esters is 1. The van der Waals surface area contributed by atoms with Crippen LogP contribution in [0.25, 0.3) is 10.8 Å². The Labute approximate surface area is 133 Å². The first-order valence-corrected chi connectivity index (χ1v) is 7.20. The van der Waals surface area contributed by atoms with Crippen LogP contribution in [0.15, 0.2) is 42.5 Å². The monoisotopic (exact) mass is 314 g/mol. The molecule has 23 heavy (non-hydrogen) atoms. The number of ether oxygens (including phenoxy) is 1. The van der Waals surface area contributed by atoms with E-state index in [1.165, 1.54) is 14.0 Å². The summed E-state index contributed by atoms with van der Waals surface area (Å²) in [7, 11) is 1.39. The number of benzene rings is 2.